The molecule has 0 spiro atoms. The number of hydrogen-bond acceptors (Lipinski definition) is 5. The van der Waals surface area contributed by atoms with Crippen LogP contribution in [0, 0.1) is 0 Å². The molecule has 0 fully saturated rings. The summed E-state index contributed by atoms with van der Waals surface area (Å²) in [6, 6.07) is 4.92. The largest absolute Gasteiger partial charge is 0.465 e. The van der Waals surface area contributed by atoms with Crippen molar-refractivity contribution in [3.8, 4) is 0 Å². The fraction of sp³-hybridized carbons (Fsp3) is 0.375. The van der Waals surface area contributed by atoms with Gasteiger partial charge in [-0.15, -0.1) is 0 Å². The Labute approximate surface area is 130 Å². The van der Waals surface area contributed by atoms with Crippen LogP contribution in [0.15, 0.2) is 24.3 Å². The summed E-state index contributed by atoms with van der Waals surface area (Å²) in [5.74, 6) is -0.450. The minimum atomic E-state index is -0.531. The molecule has 1 aromatic rings. The summed E-state index contributed by atoms with van der Waals surface area (Å²) in [5.41, 5.74) is 6.79. The molecule has 0 aliphatic heterocycles. The monoisotopic (exact) mass is 306 g/mol. The zero-order valence-electron chi connectivity index (χ0n) is 13.3. The van der Waals surface area contributed by atoms with Gasteiger partial charge in [0.05, 0.1) is 12.7 Å². The summed E-state index contributed by atoms with van der Waals surface area (Å²) in [4.78, 5) is 23.0. The molecule has 0 aromatic heterocycles. The van der Waals surface area contributed by atoms with Gasteiger partial charge in [-0.3, -0.25) is 0 Å². The molecule has 0 bridgehead atoms. The van der Waals surface area contributed by atoms with Crippen molar-refractivity contribution < 1.29 is 19.1 Å². The minimum absolute atomic E-state index is 0.303. The first-order valence-corrected chi connectivity index (χ1v) is 6.83. The number of ether oxygens (including phenoxy) is 2. The molecule has 0 unspecified atom stereocenters. The summed E-state index contributed by atoms with van der Waals surface area (Å²) in [5, 5.41) is 2.60. The second-order valence-electron chi connectivity index (χ2n) is 5.67. The highest BCUT2D eigenvalue weighted by atomic mass is 16.6. The minimum Gasteiger partial charge on any atom is -0.465 e. The Morgan fingerprint density at radius 1 is 1.27 bits per heavy atom. The Hall–Kier alpha value is -2.50. The van der Waals surface area contributed by atoms with Crippen LogP contribution >= 0.6 is 0 Å². The maximum atomic E-state index is 11.5. The number of amides is 1. The average Bonchev–Trinajstić information content (AvgIpc) is 2.40. The number of rotatable bonds is 4. The zero-order chi connectivity index (χ0) is 16.8. The van der Waals surface area contributed by atoms with Crippen LogP contribution in [0.5, 0.6) is 0 Å². The van der Waals surface area contributed by atoms with Gasteiger partial charge in [0.25, 0.3) is 0 Å². The van der Waals surface area contributed by atoms with Gasteiger partial charge in [-0.2, -0.15) is 0 Å². The molecular weight excluding hydrogens is 284 g/mol. The molecule has 0 heterocycles. The van der Waals surface area contributed by atoms with Gasteiger partial charge in [0.15, 0.2) is 0 Å². The number of anilines is 1. The number of nitrogens with two attached hydrogens (primary N) is 1. The van der Waals surface area contributed by atoms with Crippen molar-refractivity contribution in [2.45, 2.75) is 26.4 Å². The molecule has 120 valence electrons. The summed E-state index contributed by atoms with van der Waals surface area (Å²) in [6.45, 7) is 5.69. The van der Waals surface area contributed by atoms with Crippen LogP contribution < -0.4 is 11.1 Å². The molecule has 22 heavy (non-hydrogen) atoms. The van der Waals surface area contributed by atoms with Crippen molar-refractivity contribution in [1.82, 2.24) is 5.32 Å². The Bertz CT molecular complexity index is 574. The lowest BCUT2D eigenvalue weighted by Gasteiger charge is -2.19. The number of alkyl carbamates (subject to hydrolysis) is 1. The van der Waals surface area contributed by atoms with E-state index in [1.165, 1.54) is 7.11 Å². The normalized spacial score (nSPS) is 11.3. The predicted molar refractivity (Wildman–Crippen MR) is 85.5 cm³/mol. The first-order chi connectivity index (χ1) is 10.2. The first-order valence-electron chi connectivity index (χ1n) is 6.83. The van der Waals surface area contributed by atoms with E-state index in [0.29, 0.717) is 17.8 Å². The third-order valence-electron chi connectivity index (χ3n) is 2.47. The molecular formula is C16H22N2O4. The highest BCUT2D eigenvalue weighted by Gasteiger charge is 2.15. The van der Waals surface area contributed by atoms with Crippen LogP contribution in [0.25, 0.3) is 6.08 Å². The van der Waals surface area contributed by atoms with Crippen LogP contribution in [0.1, 0.15) is 36.7 Å². The summed E-state index contributed by atoms with van der Waals surface area (Å²) < 4.78 is 9.77. The van der Waals surface area contributed by atoms with E-state index in [2.05, 4.69) is 10.1 Å². The summed E-state index contributed by atoms with van der Waals surface area (Å²) >= 11 is 0. The summed E-state index contributed by atoms with van der Waals surface area (Å²) in [7, 11) is 1.31. The van der Waals surface area contributed by atoms with Gasteiger partial charge in [0, 0.05) is 12.2 Å². The van der Waals surface area contributed by atoms with Crippen molar-refractivity contribution in [1.29, 1.82) is 0 Å². The van der Waals surface area contributed by atoms with Gasteiger partial charge in [0.1, 0.15) is 5.60 Å². The maximum Gasteiger partial charge on any atom is 0.407 e. The molecule has 0 aliphatic carbocycles. The third-order valence-corrected chi connectivity index (χ3v) is 2.47. The number of esters is 1. The number of hydrogen-bond donors (Lipinski definition) is 2. The van der Waals surface area contributed by atoms with Gasteiger partial charge in [-0.05, 0) is 44.5 Å². The smallest absolute Gasteiger partial charge is 0.407 e. The lowest BCUT2D eigenvalue weighted by atomic mass is 10.1. The predicted octanol–water partition coefficient (Wildman–Crippen LogP) is 2.59. The fourth-order valence-corrected chi connectivity index (χ4v) is 1.66. The van der Waals surface area contributed by atoms with Crippen LogP contribution in [-0.2, 0) is 9.47 Å². The molecule has 1 amide bonds. The van der Waals surface area contributed by atoms with E-state index in [9.17, 15) is 9.59 Å². The highest BCUT2D eigenvalue weighted by molar-refractivity contribution is 5.91. The van der Waals surface area contributed by atoms with Crippen molar-refractivity contribution in [2.75, 3.05) is 19.4 Å². The number of carbonyl (C=O) groups is 2. The lowest BCUT2D eigenvalue weighted by Crippen LogP contribution is -2.32. The zero-order valence-corrected chi connectivity index (χ0v) is 13.3. The van der Waals surface area contributed by atoms with E-state index in [4.69, 9.17) is 10.5 Å². The Morgan fingerprint density at radius 3 is 2.55 bits per heavy atom. The Morgan fingerprint density at radius 2 is 1.95 bits per heavy atom. The fourth-order valence-electron chi connectivity index (χ4n) is 1.66. The molecule has 0 aliphatic rings. The van der Waals surface area contributed by atoms with Crippen molar-refractivity contribution in [3.05, 3.63) is 35.4 Å². The third kappa shape index (κ3) is 6.30. The SMILES string of the molecule is COC(=O)c1cc(N)cc(C=CCNC(=O)OC(C)(C)C)c1. The van der Waals surface area contributed by atoms with Gasteiger partial charge in [-0.1, -0.05) is 12.2 Å². The molecule has 6 heteroatoms. The van der Waals surface area contributed by atoms with E-state index < -0.39 is 17.7 Å². The van der Waals surface area contributed by atoms with Gasteiger partial charge >= 0.3 is 12.1 Å². The Kier molecular flexibility index (Phi) is 5.98. The number of nitrogen functional groups attached to an aromatic ring is 1. The second kappa shape index (κ2) is 7.49. The van der Waals surface area contributed by atoms with Gasteiger partial charge < -0.3 is 20.5 Å². The van der Waals surface area contributed by atoms with Crippen LogP contribution in [-0.4, -0.2) is 31.3 Å². The van der Waals surface area contributed by atoms with E-state index in [1.807, 2.05) is 0 Å². The number of benzene rings is 1. The molecule has 0 saturated heterocycles. The highest BCUT2D eigenvalue weighted by Crippen LogP contribution is 2.14. The van der Waals surface area contributed by atoms with Crippen LogP contribution in [0.3, 0.4) is 0 Å². The molecule has 1 rings (SSSR count). The number of methoxy groups -OCH3 is 1. The molecule has 0 radical (unpaired) electrons. The first kappa shape index (κ1) is 17.6. The van der Waals surface area contributed by atoms with Crippen molar-refractivity contribution in [2.24, 2.45) is 0 Å². The topological polar surface area (TPSA) is 90.6 Å². The quantitative estimate of drug-likeness (QED) is 0.659. The van der Waals surface area contributed by atoms with Crippen molar-refractivity contribution in [3.63, 3.8) is 0 Å². The maximum absolute atomic E-state index is 11.5. The Balaban J connectivity index is 2.62. The molecule has 0 atom stereocenters. The second-order valence-corrected chi connectivity index (χ2v) is 5.67. The van der Waals surface area contributed by atoms with Crippen LogP contribution in [0.4, 0.5) is 10.5 Å². The van der Waals surface area contributed by atoms with E-state index in [0.717, 1.165) is 5.56 Å². The molecule has 6 nitrogen and oxygen atoms in total. The lowest BCUT2D eigenvalue weighted by molar-refractivity contribution is 0.0532. The van der Waals surface area contributed by atoms with E-state index in [-0.39, 0.29) is 0 Å². The van der Waals surface area contributed by atoms with E-state index in [1.54, 1.807) is 51.1 Å². The van der Waals surface area contributed by atoms with Gasteiger partial charge in [-0.25, -0.2) is 9.59 Å². The summed E-state index contributed by atoms with van der Waals surface area (Å²) in [6.07, 6.45) is 3.00. The number of carbonyl (C=O) groups excluding carboxylic acids is 2. The molecule has 1 aromatic carbocycles. The van der Waals surface area contributed by atoms with Crippen LogP contribution in [0.2, 0.25) is 0 Å². The molecule has 0 saturated carbocycles. The average molecular weight is 306 g/mol. The number of nitrogens with one attached hydrogen (secondary N) is 1. The van der Waals surface area contributed by atoms with E-state index >= 15 is 0 Å². The molecule has 3 N–H and O–H groups in total. The van der Waals surface area contributed by atoms with Gasteiger partial charge in [0.2, 0.25) is 0 Å². The van der Waals surface area contributed by atoms with Crippen molar-refractivity contribution >= 4 is 23.8 Å². The standard InChI is InChI=1S/C16H22N2O4/c1-16(2,3)22-15(20)18-7-5-6-11-8-12(14(19)21-4)10-13(17)9-11/h5-6,8-10H,7,17H2,1-4H3,(H,18,20).